The summed E-state index contributed by atoms with van der Waals surface area (Å²) < 4.78 is 16.9. The molecule has 3 aromatic rings. The number of nitrogens with one attached hydrogen (secondary N) is 2. The number of para-hydroxylation sites is 2. The number of hydrogen-bond donors (Lipinski definition) is 3. The van der Waals surface area contributed by atoms with Gasteiger partial charge in [-0.05, 0) is 95.7 Å². The Labute approximate surface area is 356 Å². The highest BCUT2D eigenvalue weighted by atomic mass is 35.5. The second-order valence-electron chi connectivity index (χ2n) is 15.3. The number of amides is 2. The molecule has 1 fully saturated rings. The topological polar surface area (TPSA) is 164 Å². The van der Waals surface area contributed by atoms with Crippen LogP contribution in [-0.2, 0) is 33.4 Å². The Morgan fingerprint density at radius 1 is 0.966 bits per heavy atom. The summed E-state index contributed by atoms with van der Waals surface area (Å²) in [5.41, 5.74) is 2.30. The average molecular weight is 853 g/mol. The number of anilines is 3. The number of cyclic esters (lactones) is 2. The lowest BCUT2D eigenvalue weighted by molar-refractivity contribution is -0.175. The summed E-state index contributed by atoms with van der Waals surface area (Å²) in [6.45, 7) is 10.8. The molecule has 320 valence electrons. The largest absolute Gasteiger partial charge is 0.505 e. The SMILES string of the molecule is CCCCCC1C(=O)OC(C)C(NC(=O)c2cccc(NC=O)c2O)C(=O)OC(C)C1OC(=O)CC(C)C.CN(C)CCCN1c2ccccc2Sc2ccc(Cl)cc21. The standard InChI is InChI=1S/C27H38N2O9.C17H19ClN2S/c1-6-7-8-10-19-24(38-21(31)13-15(2)3)17(5)37-27(35)22(16(4)36-26(19)34)29-25(33)18-11-9-12-20(23(18)32)28-14-30;1-19(2)10-5-11-20-14-6-3-4-7-16(14)21-17-9-8-13(18)12-15(17)20/h9,11-12,14-17,19,22,24,32H,6-8,10,13H2,1-5H3,(H,28,30)(H,29,33);3-4,6-9,12H,5,10-11H2,1-2H3. The van der Waals surface area contributed by atoms with Crippen LogP contribution in [0.5, 0.6) is 5.75 Å². The lowest BCUT2D eigenvalue weighted by Crippen LogP contribution is -2.50. The third-order valence-electron chi connectivity index (χ3n) is 9.81. The highest BCUT2D eigenvalue weighted by Crippen LogP contribution is 2.48. The molecular weight excluding hydrogens is 796 g/mol. The van der Waals surface area contributed by atoms with E-state index in [0.717, 1.165) is 37.4 Å². The molecule has 0 aromatic heterocycles. The van der Waals surface area contributed by atoms with E-state index in [-0.39, 0.29) is 23.6 Å². The zero-order valence-corrected chi connectivity index (χ0v) is 36.4. The first-order valence-corrected chi connectivity index (χ1v) is 21.3. The highest BCUT2D eigenvalue weighted by Gasteiger charge is 2.44. The van der Waals surface area contributed by atoms with Crippen molar-refractivity contribution in [3.8, 4) is 5.75 Å². The molecule has 59 heavy (non-hydrogen) atoms. The average Bonchev–Trinajstić information content (AvgIpc) is 3.20. The van der Waals surface area contributed by atoms with E-state index < -0.39 is 59.8 Å². The monoisotopic (exact) mass is 852 g/mol. The number of rotatable bonds is 15. The molecule has 3 aromatic carbocycles. The van der Waals surface area contributed by atoms with Gasteiger partial charge in [-0.25, -0.2) is 4.79 Å². The van der Waals surface area contributed by atoms with E-state index >= 15 is 0 Å². The minimum absolute atomic E-state index is 0.00114. The van der Waals surface area contributed by atoms with Gasteiger partial charge in [-0.15, -0.1) is 0 Å². The predicted molar refractivity (Wildman–Crippen MR) is 229 cm³/mol. The predicted octanol–water partition coefficient (Wildman–Crippen LogP) is 7.98. The van der Waals surface area contributed by atoms with Crippen LogP contribution in [0.1, 0.15) is 83.5 Å². The van der Waals surface area contributed by atoms with Crippen LogP contribution in [0.3, 0.4) is 0 Å². The lowest BCUT2D eigenvalue weighted by atomic mass is 9.92. The molecular formula is C44H57ClN4O9S. The van der Waals surface area contributed by atoms with Crippen molar-refractivity contribution in [3.05, 3.63) is 71.2 Å². The summed E-state index contributed by atoms with van der Waals surface area (Å²) >= 11 is 8.03. The van der Waals surface area contributed by atoms with Crippen LogP contribution in [0.15, 0.2) is 70.5 Å². The molecule has 0 spiro atoms. The Kier molecular flexibility index (Phi) is 17.9. The van der Waals surface area contributed by atoms with Gasteiger partial charge >= 0.3 is 17.9 Å². The van der Waals surface area contributed by atoms with Crippen molar-refractivity contribution in [2.24, 2.45) is 11.8 Å². The number of fused-ring (bicyclic) bond motifs is 2. The fourth-order valence-corrected chi connectivity index (χ4v) is 8.06. The number of ether oxygens (including phenoxy) is 3. The number of halogens is 1. The van der Waals surface area contributed by atoms with E-state index in [4.69, 9.17) is 25.8 Å². The Bertz CT molecular complexity index is 1930. The molecule has 15 heteroatoms. The first-order chi connectivity index (χ1) is 28.1. The van der Waals surface area contributed by atoms with Crippen molar-refractivity contribution >= 4 is 70.7 Å². The molecule has 2 aliphatic heterocycles. The van der Waals surface area contributed by atoms with Crippen LogP contribution in [0.25, 0.3) is 0 Å². The third-order valence-corrected chi connectivity index (χ3v) is 11.2. The van der Waals surface area contributed by atoms with Crippen LogP contribution in [0.4, 0.5) is 17.1 Å². The van der Waals surface area contributed by atoms with Gasteiger partial charge in [0.25, 0.3) is 5.91 Å². The van der Waals surface area contributed by atoms with Crippen LogP contribution in [-0.4, -0.2) is 91.8 Å². The van der Waals surface area contributed by atoms with Crippen molar-refractivity contribution in [2.45, 2.75) is 107 Å². The van der Waals surface area contributed by atoms with Gasteiger partial charge in [0, 0.05) is 27.8 Å². The summed E-state index contributed by atoms with van der Waals surface area (Å²) in [4.78, 5) is 69.9. The fourth-order valence-electron chi connectivity index (χ4n) is 6.81. The van der Waals surface area contributed by atoms with E-state index in [2.05, 4.69) is 70.9 Å². The summed E-state index contributed by atoms with van der Waals surface area (Å²) in [5, 5.41) is 15.9. The maximum atomic E-state index is 13.3. The van der Waals surface area contributed by atoms with E-state index in [9.17, 15) is 29.1 Å². The quantitative estimate of drug-likeness (QED) is 0.0445. The van der Waals surface area contributed by atoms with Gasteiger partial charge in [-0.2, -0.15) is 0 Å². The van der Waals surface area contributed by atoms with E-state index in [0.29, 0.717) is 19.3 Å². The molecule has 2 amide bonds. The smallest absolute Gasteiger partial charge is 0.332 e. The molecule has 3 N–H and O–H groups in total. The number of phenols is 1. The summed E-state index contributed by atoms with van der Waals surface area (Å²) in [6.07, 6.45) is 1.19. The normalized spacial score (nSPS) is 20.0. The second-order valence-corrected chi connectivity index (χ2v) is 16.9. The first-order valence-electron chi connectivity index (χ1n) is 20.1. The highest BCUT2D eigenvalue weighted by molar-refractivity contribution is 7.99. The molecule has 1 saturated heterocycles. The van der Waals surface area contributed by atoms with Crippen molar-refractivity contribution in [3.63, 3.8) is 0 Å². The van der Waals surface area contributed by atoms with Crippen molar-refractivity contribution < 1.29 is 43.3 Å². The molecule has 13 nitrogen and oxygen atoms in total. The lowest BCUT2D eigenvalue weighted by Gasteiger charge is -2.33. The van der Waals surface area contributed by atoms with Gasteiger partial charge in [0.05, 0.1) is 28.5 Å². The molecule has 5 rings (SSSR count). The Morgan fingerprint density at radius 3 is 2.37 bits per heavy atom. The summed E-state index contributed by atoms with van der Waals surface area (Å²) in [7, 11) is 4.23. The van der Waals surface area contributed by atoms with Crippen molar-refractivity contribution in [2.75, 3.05) is 37.4 Å². The van der Waals surface area contributed by atoms with Crippen LogP contribution >= 0.6 is 23.4 Å². The maximum absolute atomic E-state index is 13.3. The third kappa shape index (κ3) is 13.1. The Balaban J connectivity index is 0.000000305. The van der Waals surface area contributed by atoms with Crippen molar-refractivity contribution in [1.29, 1.82) is 0 Å². The molecule has 0 aliphatic carbocycles. The number of carbonyl (C=O) groups is 5. The van der Waals surface area contributed by atoms with Gasteiger partial charge in [-0.1, -0.05) is 81.6 Å². The van der Waals surface area contributed by atoms with Crippen LogP contribution < -0.4 is 15.5 Å². The fraction of sp³-hybridized carbons (Fsp3) is 0.477. The maximum Gasteiger partial charge on any atom is 0.332 e. The van der Waals surface area contributed by atoms with E-state index in [1.807, 2.05) is 38.6 Å². The van der Waals surface area contributed by atoms with Gasteiger partial charge in [0.15, 0.2) is 17.9 Å². The van der Waals surface area contributed by atoms with Gasteiger partial charge in [0.1, 0.15) is 12.2 Å². The molecule has 2 heterocycles. The van der Waals surface area contributed by atoms with E-state index in [1.54, 1.807) is 0 Å². The number of phenolic OH excluding ortho intramolecular Hbond substituents is 1. The summed E-state index contributed by atoms with van der Waals surface area (Å²) in [5.74, 6) is -4.27. The number of unbranched alkanes of at least 4 members (excludes halogenated alkanes) is 2. The number of benzene rings is 3. The number of esters is 3. The number of nitrogens with zero attached hydrogens (tertiary/aromatic N) is 2. The zero-order chi connectivity index (χ0) is 43.2. The second kappa shape index (κ2) is 22.5. The van der Waals surface area contributed by atoms with Crippen molar-refractivity contribution in [1.82, 2.24) is 10.2 Å². The molecule has 0 saturated carbocycles. The molecule has 5 unspecified atom stereocenters. The van der Waals surface area contributed by atoms with E-state index in [1.165, 1.54) is 53.2 Å². The molecule has 0 radical (unpaired) electrons. The molecule has 0 bridgehead atoms. The minimum atomic E-state index is -1.42. The minimum Gasteiger partial charge on any atom is -0.505 e. The Hall–Kier alpha value is -4.79. The van der Waals surface area contributed by atoms with Crippen LogP contribution in [0.2, 0.25) is 5.02 Å². The van der Waals surface area contributed by atoms with Gasteiger partial charge in [-0.3, -0.25) is 19.2 Å². The van der Waals surface area contributed by atoms with Gasteiger partial charge in [0.2, 0.25) is 6.41 Å². The van der Waals surface area contributed by atoms with Crippen LogP contribution in [0, 0.1) is 11.8 Å². The molecule has 2 aliphatic rings. The number of hydrogen-bond acceptors (Lipinski definition) is 12. The Morgan fingerprint density at radius 2 is 1.68 bits per heavy atom. The van der Waals surface area contributed by atoms with Gasteiger partial charge < -0.3 is 39.8 Å². The number of carbonyl (C=O) groups excluding carboxylic acids is 5. The summed E-state index contributed by atoms with van der Waals surface area (Å²) in [6, 6.07) is 17.5. The zero-order valence-electron chi connectivity index (χ0n) is 34.9. The first kappa shape index (κ1) is 46.9. The number of aromatic hydroxyl groups is 1. The molecule has 5 atom stereocenters.